The minimum atomic E-state index is -0.0555. The molecule has 2 aromatic rings. The number of nitrogens with zero attached hydrogens (tertiary/aromatic N) is 3. The number of benzene rings is 1. The first-order chi connectivity index (χ1) is 8.53. The molecule has 0 aliphatic carbocycles. The van der Waals surface area contributed by atoms with Crippen molar-refractivity contribution in [1.82, 2.24) is 15.2 Å². The van der Waals surface area contributed by atoms with E-state index in [0.717, 1.165) is 5.69 Å². The van der Waals surface area contributed by atoms with Crippen LogP contribution in [0.4, 0.5) is 17.5 Å². The molecule has 1 aromatic carbocycles. The Hall–Kier alpha value is -2.17. The van der Waals surface area contributed by atoms with Crippen LogP contribution in [-0.2, 0) is 0 Å². The summed E-state index contributed by atoms with van der Waals surface area (Å²) in [6, 6.07) is 9.77. The Balaban J connectivity index is 2.13. The fraction of sp³-hybridized carbons (Fsp3) is 0.308. The van der Waals surface area contributed by atoms with Gasteiger partial charge in [-0.25, -0.2) is 0 Å². The molecule has 0 atom stereocenters. The maximum absolute atomic E-state index is 4.36. The SMILES string of the molecule is CC(C)(C)Nc1cnnc(Nc2ccccc2)n1. The van der Waals surface area contributed by atoms with E-state index in [4.69, 9.17) is 0 Å². The van der Waals surface area contributed by atoms with E-state index >= 15 is 0 Å². The topological polar surface area (TPSA) is 62.7 Å². The average Bonchev–Trinajstić information content (AvgIpc) is 2.28. The van der Waals surface area contributed by atoms with Crippen LogP contribution in [0.3, 0.4) is 0 Å². The first kappa shape index (κ1) is 12.3. The molecule has 2 N–H and O–H groups in total. The van der Waals surface area contributed by atoms with Crippen molar-refractivity contribution in [2.45, 2.75) is 26.3 Å². The number of para-hydroxylation sites is 1. The van der Waals surface area contributed by atoms with Crippen LogP contribution in [0.5, 0.6) is 0 Å². The number of anilines is 3. The highest BCUT2D eigenvalue weighted by molar-refractivity contribution is 5.53. The minimum Gasteiger partial charge on any atom is -0.364 e. The van der Waals surface area contributed by atoms with Crippen LogP contribution in [0, 0.1) is 0 Å². The predicted octanol–water partition coefficient (Wildman–Crippen LogP) is 2.83. The fourth-order valence-corrected chi connectivity index (χ4v) is 1.45. The largest absolute Gasteiger partial charge is 0.364 e. The van der Waals surface area contributed by atoms with E-state index in [0.29, 0.717) is 11.8 Å². The molecule has 0 unspecified atom stereocenters. The number of aromatic nitrogens is 3. The van der Waals surface area contributed by atoms with Crippen molar-refractivity contribution in [3.05, 3.63) is 36.5 Å². The summed E-state index contributed by atoms with van der Waals surface area (Å²) in [6.07, 6.45) is 1.61. The second-order valence-corrected chi connectivity index (χ2v) is 5.03. The molecule has 0 fully saturated rings. The van der Waals surface area contributed by atoms with Crippen LogP contribution in [-0.4, -0.2) is 20.7 Å². The van der Waals surface area contributed by atoms with Gasteiger partial charge in [-0.15, -0.1) is 5.10 Å². The Labute approximate surface area is 107 Å². The van der Waals surface area contributed by atoms with Gasteiger partial charge < -0.3 is 10.6 Å². The van der Waals surface area contributed by atoms with Crippen LogP contribution in [0.25, 0.3) is 0 Å². The highest BCUT2D eigenvalue weighted by Gasteiger charge is 2.11. The number of rotatable bonds is 3. The zero-order valence-electron chi connectivity index (χ0n) is 10.8. The second kappa shape index (κ2) is 5.00. The summed E-state index contributed by atoms with van der Waals surface area (Å²) >= 11 is 0. The molecule has 0 aliphatic rings. The summed E-state index contributed by atoms with van der Waals surface area (Å²) in [5.74, 6) is 1.19. The van der Waals surface area contributed by atoms with E-state index in [9.17, 15) is 0 Å². The Morgan fingerprint density at radius 1 is 1.06 bits per heavy atom. The van der Waals surface area contributed by atoms with Crippen LogP contribution in [0.1, 0.15) is 20.8 Å². The van der Waals surface area contributed by atoms with Crippen molar-refractivity contribution < 1.29 is 0 Å². The lowest BCUT2D eigenvalue weighted by molar-refractivity contribution is 0.629. The summed E-state index contributed by atoms with van der Waals surface area (Å²) in [5.41, 5.74) is 0.882. The third kappa shape index (κ3) is 3.69. The van der Waals surface area contributed by atoms with Crippen LogP contribution in [0.15, 0.2) is 36.5 Å². The lowest BCUT2D eigenvalue weighted by Crippen LogP contribution is -2.27. The molecule has 0 amide bonds. The third-order valence-corrected chi connectivity index (χ3v) is 2.09. The second-order valence-electron chi connectivity index (χ2n) is 5.03. The molecule has 0 radical (unpaired) electrons. The zero-order chi connectivity index (χ0) is 13.0. The molecular formula is C13H17N5. The molecular weight excluding hydrogens is 226 g/mol. The van der Waals surface area contributed by atoms with Gasteiger partial charge in [0.15, 0.2) is 5.82 Å². The van der Waals surface area contributed by atoms with Crippen molar-refractivity contribution in [2.24, 2.45) is 0 Å². The first-order valence-corrected chi connectivity index (χ1v) is 5.83. The van der Waals surface area contributed by atoms with Gasteiger partial charge in [0.25, 0.3) is 0 Å². The van der Waals surface area contributed by atoms with Crippen molar-refractivity contribution in [3.63, 3.8) is 0 Å². The molecule has 2 rings (SSSR count). The fourth-order valence-electron chi connectivity index (χ4n) is 1.45. The third-order valence-electron chi connectivity index (χ3n) is 2.09. The molecule has 1 aromatic heterocycles. The van der Waals surface area contributed by atoms with Gasteiger partial charge in [0.05, 0.1) is 6.20 Å². The average molecular weight is 243 g/mol. The number of hydrogen-bond acceptors (Lipinski definition) is 5. The van der Waals surface area contributed by atoms with Crippen LogP contribution in [0.2, 0.25) is 0 Å². The molecule has 94 valence electrons. The number of hydrogen-bond donors (Lipinski definition) is 2. The Kier molecular flexibility index (Phi) is 3.41. The van der Waals surface area contributed by atoms with E-state index < -0.39 is 0 Å². The Morgan fingerprint density at radius 2 is 1.78 bits per heavy atom. The highest BCUT2D eigenvalue weighted by Crippen LogP contribution is 2.14. The highest BCUT2D eigenvalue weighted by atomic mass is 15.3. The molecule has 18 heavy (non-hydrogen) atoms. The molecule has 5 heteroatoms. The van der Waals surface area contributed by atoms with Crippen LogP contribution < -0.4 is 10.6 Å². The monoisotopic (exact) mass is 243 g/mol. The maximum atomic E-state index is 4.36. The zero-order valence-corrected chi connectivity index (χ0v) is 10.8. The van der Waals surface area contributed by atoms with Crippen molar-refractivity contribution in [1.29, 1.82) is 0 Å². The van der Waals surface area contributed by atoms with Gasteiger partial charge in [0, 0.05) is 11.2 Å². The van der Waals surface area contributed by atoms with Gasteiger partial charge in [-0.1, -0.05) is 18.2 Å². The van der Waals surface area contributed by atoms with Crippen molar-refractivity contribution in [2.75, 3.05) is 10.6 Å². The van der Waals surface area contributed by atoms with Gasteiger partial charge in [0.2, 0.25) is 5.95 Å². The van der Waals surface area contributed by atoms with E-state index in [1.807, 2.05) is 30.3 Å². The molecule has 0 saturated carbocycles. The van der Waals surface area contributed by atoms with E-state index in [-0.39, 0.29) is 5.54 Å². The first-order valence-electron chi connectivity index (χ1n) is 5.83. The van der Waals surface area contributed by atoms with Crippen molar-refractivity contribution in [3.8, 4) is 0 Å². The van der Waals surface area contributed by atoms with Gasteiger partial charge >= 0.3 is 0 Å². The van der Waals surface area contributed by atoms with E-state index in [2.05, 4.69) is 46.6 Å². The molecule has 0 bridgehead atoms. The molecule has 0 aliphatic heterocycles. The van der Waals surface area contributed by atoms with Gasteiger partial charge in [-0.05, 0) is 32.9 Å². The summed E-state index contributed by atoms with van der Waals surface area (Å²) in [4.78, 5) is 4.36. The van der Waals surface area contributed by atoms with Crippen LogP contribution >= 0.6 is 0 Å². The van der Waals surface area contributed by atoms with Gasteiger partial charge in [0.1, 0.15) is 0 Å². The Bertz CT molecular complexity index is 504. The van der Waals surface area contributed by atoms with E-state index in [1.54, 1.807) is 6.20 Å². The van der Waals surface area contributed by atoms with Gasteiger partial charge in [-0.2, -0.15) is 10.1 Å². The lowest BCUT2D eigenvalue weighted by Gasteiger charge is -2.20. The maximum Gasteiger partial charge on any atom is 0.249 e. The quantitative estimate of drug-likeness (QED) is 0.868. The normalized spacial score (nSPS) is 11.1. The standard InChI is InChI=1S/C13H17N5/c1-13(2,3)17-11-9-14-18-12(16-11)15-10-7-5-4-6-8-10/h4-9H,1-3H3,(H2,15,16,17,18). The minimum absolute atomic E-state index is 0.0555. The van der Waals surface area contributed by atoms with E-state index in [1.165, 1.54) is 0 Å². The Morgan fingerprint density at radius 3 is 2.44 bits per heavy atom. The van der Waals surface area contributed by atoms with Gasteiger partial charge in [-0.3, -0.25) is 0 Å². The predicted molar refractivity (Wildman–Crippen MR) is 72.9 cm³/mol. The summed E-state index contributed by atoms with van der Waals surface area (Å²) in [6.45, 7) is 6.21. The lowest BCUT2D eigenvalue weighted by atomic mass is 10.1. The molecule has 0 saturated heterocycles. The molecule has 0 spiro atoms. The number of nitrogens with one attached hydrogen (secondary N) is 2. The molecule has 1 heterocycles. The molecule has 5 nitrogen and oxygen atoms in total. The summed E-state index contributed by atoms with van der Waals surface area (Å²) in [7, 11) is 0. The summed E-state index contributed by atoms with van der Waals surface area (Å²) in [5, 5.41) is 14.2. The van der Waals surface area contributed by atoms with Crippen molar-refractivity contribution >= 4 is 17.5 Å². The smallest absolute Gasteiger partial charge is 0.249 e. The summed E-state index contributed by atoms with van der Waals surface area (Å²) < 4.78 is 0.